The Morgan fingerprint density at radius 2 is 2.33 bits per heavy atom. The van der Waals surface area contributed by atoms with E-state index in [-0.39, 0.29) is 0 Å². The van der Waals surface area contributed by atoms with Gasteiger partial charge in [0.05, 0.1) is 0 Å². The Morgan fingerprint density at radius 1 is 1.61 bits per heavy atom. The molecule has 1 aromatic rings. The number of allylic oxidation sites excluding steroid dienone is 2. The van der Waals surface area contributed by atoms with E-state index in [1.54, 1.807) is 0 Å². The number of nitrogens with zero attached hydrogens (tertiary/aromatic N) is 2. The monoisotopic (exact) mass is 266 g/mol. The lowest BCUT2D eigenvalue weighted by molar-refractivity contribution is 1.04. The van der Waals surface area contributed by atoms with Crippen LogP contribution in [0.25, 0.3) is 0 Å². The van der Waals surface area contributed by atoms with Crippen molar-refractivity contribution in [2.24, 2.45) is 4.99 Å². The highest BCUT2D eigenvalue weighted by Crippen LogP contribution is 2.12. The molecule has 0 amide bonds. The predicted molar refractivity (Wildman–Crippen MR) is 77.2 cm³/mol. The molecule has 0 atom stereocenters. The quantitative estimate of drug-likeness (QED) is 0.495. The number of aliphatic imine (C=N–C) groups is 1. The second-order valence-corrected chi connectivity index (χ2v) is 4.33. The summed E-state index contributed by atoms with van der Waals surface area (Å²) < 4.78 is 0. The van der Waals surface area contributed by atoms with Gasteiger partial charge in [0, 0.05) is 11.8 Å². The molecule has 0 bridgehead atoms. The number of H-pyrrole nitrogens is 1. The molecule has 0 saturated carbocycles. The van der Waals surface area contributed by atoms with Crippen molar-refractivity contribution in [1.82, 2.24) is 15.5 Å². The number of aryl methyl sites for hydroxylation is 1. The van der Waals surface area contributed by atoms with Crippen molar-refractivity contribution >= 4 is 23.3 Å². The second kappa shape index (κ2) is 7.01. The normalized spacial score (nSPS) is 13.9. The van der Waals surface area contributed by atoms with Crippen molar-refractivity contribution in [1.29, 1.82) is 0 Å². The maximum Gasteiger partial charge on any atom is 0.175 e. The van der Waals surface area contributed by atoms with Crippen molar-refractivity contribution in [2.45, 2.75) is 34.1 Å². The Bertz CT molecular complexity index is 483. The van der Waals surface area contributed by atoms with E-state index >= 15 is 0 Å². The van der Waals surface area contributed by atoms with Gasteiger partial charge in [-0.1, -0.05) is 24.6 Å². The van der Waals surface area contributed by atoms with Crippen LogP contribution in [0, 0.1) is 6.92 Å². The molecule has 4 nitrogen and oxygen atoms in total. The number of aromatic amines is 1. The van der Waals surface area contributed by atoms with Gasteiger partial charge in [-0.15, -0.1) is 0 Å². The molecular formula is C13H19ClN4. The van der Waals surface area contributed by atoms with Gasteiger partial charge in [0.1, 0.15) is 11.0 Å². The number of aromatic nitrogens is 2. The number of rotatable bonds is 4. The van der Waals surface area contributed by atoms with Crippen LogP contribution in [0.5, 0.6) is 0 Å². The molecule has 18 heavy (non-hydrogen) atoms. The first-order chi connectivity index (χ1) is 8.56. The number of halogens is 1. The standard InChI is InChI=1S/C13H19ClN4/c1-5-7-11(14)15-13(9(3)6-2)16-12-8-10(4)17-18-12/h6-8H,5H2,1-4H3,(H2,15,16,17,18)/b9-6-,11-7+. The summed E-state index contributed by atoms with van der Waals surface area (Å²) in [4.78, 5) is 4.44. The van der Waals surface area contributed by atoms with Gasteiger partial charge in [0.15, 0.2) is 5.82 Å². The van der Waals surface area contributed by atoms with Gasteiger partial charge in [-0.25, -0.2) is 4.99 Å². The topological polar surface area (TPSA) is 53.1 Å². The van der Waals surface area contributed by atoms with Gasteiger partial charge in [0.25, 0.3) is 0 Å². The second-order valence-electron chi connectivity index (χ2n) is 3.93. The van der Waals surface area contributed by atoms with E-state index in [0.717, 1.165) is 17.7 Å². The first-order valence-electron chi connectivity index (χ1n) is 5.93. The SMILES string of the molecule is C/C=C(/C)C(=Nc1cc(C)[nH]n1)N/C(Cl)=C/CC. The lowest BCUT2D eigenvalue weighted by Crippen LogP contribution is -2.21. The maximum absolute atomic E-state index is 6.06. The Morgan fingerprint density at radius 3 is 2.83 bits per heavy atom. The minimum Gasteiger partial charge on any atom is -0.331 e. The minimum absolute atomic E-state index is 0.574. The summed E-state index contributed by atoms with van der Waals surface area (Å²) in [5, 5.41) is 10.6. The van der Waals surface area contributed by atoms with Crippen molar-refractivity contribution < 1.29 is 0 Å². The Hall–Kier alpha value is -1.55. The van der Waals surface area contributed by atoms with E-state index < -0.39 is 0 Å². The van der Waals surface area contributed by atoms with Crippen molar-refractivity contribution in [3.05, 3.63) is 34.6 Å². The van der Waals surface area contributed by atoms with Crippen LogP contribution < -0.4 is 5.32 Å². The molecule has 0 spiro atoms. The summed E-state index contributed by atoms with van der Waals surface area (Å²) in [6.07, 6.45) is 4.74. The molecule has 0 radical (unpaired) electrons. The molecule has 0 fully saturated rings. The number of amidine groups is 1. The summed E-state index contributed by atoms with van der Waals surface area (Å²) in [6.45, 7) is 7.90. The summed E-state index contributed by atoms with van der Waals surface area (Å²) in [7, 11) is 0. The Balaban J connectivity index is 2.99. The lowest BCUT2D eigenvalue weighted by atomic mass is 10.2. The van der Waals surface area contributed by atoms with E-state index in [2.05, 4.69) is 20.5 Å². The molecule has 0 aliphatic rings. The van der Waals surface area contributed by atoms with Crippen LogP contribution in [-0.2, 0) is 0 Å². The summed E-state index contributed by atoms with van der Waals surface area (Å²) >= 11 is 6.06. The fraction of sp³-hybridized carbons (Fsp3) is 0.385. The average molecular weight is 267 g/mol. The van der Waals surface area contributed by atoms with Gasteiger partial charge in [-0.2, -0.15) is 5.10 Å². The number of hydrogen-bond donors (Lipinski definition) is 2. The smallest absolute Gasteiger partial charge is 0.175 e. The third-order valence-electron chi connectivity index (χ3n) is 2.35. The van der Waals surface area contributed by atoms with E-state index in [1.165, 1.54) is 0 Å². The molecule has 5 heteroatoms. The molecule has 0 aromatic carbocycles. The van der Waals surface area contributed by atoms with Crippen LogP contribution in [0.4, 0.5) is 5.82 Å². The van der Waals surface area contributed by atoms with Gasteiger partial charge >= 0.3 is 0 Å². The van der Waals surface area contributed by atoms with E-state index in [1.807, 2.05) is 45.9 Å². The minimum atomic E-state index is 0.574. The molecule has 0 saturated heterocycles. The molecule has 0 unspecified atom stereocenters. The summed E-state index contributed by atoms with van der Waals surface area (Å²) in [6, 6.07) is 1.88. The highest BCUT2D eigenvalue weighted by atomic mass is 35.5. The maximum atomic E-state index is 6.06. The van der Waals surface area contributed by atoms with Gasteiger partial charge in [-0.3, -0.25) is 5.10 Å². The summed E-state index contributed by atoms with van der Waals surface area (Å²) in [5.41, 5.74) is 1.99. The fourth-order valence-electron chi connectivity index (χ4n) is 1.27. The van der Waals surface area contributed by atoms with Gasteiger partial charge in [0.2, 0.25) is 0 Å². The zero-order valence-electron chi connectivity index (χ0n) is 11.2. The molecule has 98 valence electrons. The highest BCUT2D eigenvalue weighted by Gasteiger charge is 2.05. The van der Waals surface area contributed by atoms with E-state index in [9.17, 15) is 0 Å². The molecule has 2 N–H and O–H groups in total. The number of nitrogens with one attached hydrogen (secondary N) is 2. The van der Waals surface area contributed by atoms with Crippen LogP contribution in [0.1, 0.15) is 32.9 Å². The Kier molecular flexibility index (Phi) is 5.65. The number of hydrogen-bond acceptors (Lipinski definition) is 2. The van der Waals surface area contributed by atoms with Crippen molar-refractivity contribution in [3.63, 3.8) is 0 Å². The van der Waals surface area contributed by atoms with Crippen LogP contribution in [0.3, 0.4) is 0 Å². The first-order valence-corrected chi connectivity index (χ1v) is 6.31. The van der Waals surface area contributed by atoms with Crippen LogP contribution in [-0.4, -0.2) is 16.0 Å². The van der Waals surface area contributed by atoms with Gasteiger partial charge < -0.3 is 5.32 Å². The highest BCUT2D eigenvalue weighted by molar-refractivity contribution is 6.30. The third kappa shape index (κ3) is 4.37. The average Bonchev–Trinajstić information content (AvgIpc) is 2.73. The molecule has 1 heterocycles. The molecular weight excluding hydrogens is 248 g/mol. The molecule has 0 aliphatic carbocycles. The molecule has 0 aliphatic heterocycles. The largest absolute Gasteiger partial charge is 0.331 e. The fourth-order valence-corrected chi connectivity index (χ4v) is 1.51. The lowest BCUT2D eigenvalue weighted by Gasteiger charge is -2.08. The predicted octanol–water partition coefficient (Wildman–Crippen LogP) is 3.79. The molecule has 1 aromatic heterocycles. The van der Waals surface area contributed by atoms with Crippen LogP contribution in [0.15, 0.2) is 33.9 Å². The Labute approximate surface area is 113 Å². The van der Waals surface area contributed by atoms with Gasteiger partial charge in [-0.05, 0) is 38.8 Å². The van der Waals surface area contributed by atoms with Crippen molar-refractivity contribution in [2.75, 3.05) is 0 Å². The zero-order chi connectivity index (χ0) is 13.5. The first kappa shape index (κ1) is 14.5. The third-order valence-corrected chi connectivity index (χ3v) is 2.60. The summed E-state index contributed by atoms with van der Waals surface area (Å²) in [5.74, 6) is 1.34. The van der Waals surface area contributed by atoms with Crippen LogP contribution in [0.2, 0.25) is 0 Å². The van der Waals surface area contributed by atoms with Crippen LogP contribution >= 0.6 is 11.6 Å². The van der Waals surface area contributed by atoms with E-state index in [0.29, 0.717) is 16.8 Å². The van der Waals surface area contributed by atoms with E-state index in [4.69, 9.17) is 11.6 Å². The zero-order valence-corrected chi connectivity index (χ0v) is 12.0. The van der Waals surface area contributed by atoms with Crippen molar-refractivity contribution in [3.8, 4) is 0 Å². The molecule has 1 rings (SSSR count).